The minimum atomic E-state index is -3.81. The smallest absolute Gasteiger partial charge is 0.268 e. The summed E-state index contributed by atoms with van der Waals surface area (Å²) < 4.78 is 29.4. The van der Waals surface area contributed by atoms with Crippen LogP contribution in [0.4, 0.5) is 0 Å². The molecule has 20 heavy (non-hydrogen) atoms. The highest BCUT2D eigenvalue weighted by molar-refractivity contribution is 7.89. The molecule has 0 saturated heterocycles. The normalized spacial score (nSPS) is 15.9. The maximum absolute atomic E-state index is 12.1. The number of hydrogen-bond donors (Lipinski definition) is 2. The standard InChI is InChI=1S/C12H19N3O4S/c1-19-6-5-14-12(16)11-7-10(20(13,17)18)8-15(11)9-3-2-4-9/h7-9H,2-6H2,1H3,(H,14,16)(H2,13,17,18). The lowest BCUT2D eigenvalue weighted by Gasteiger charge is -2.28. The Morgan fingerprint density at radius 1 is 1.55 bits per heavy atom. The number of methoxy groups -OCH3 is 1. The molecule has 7 nitrogen and oxygen atoms in total. The van der Waals surface area contributed by atoms with E-state index < -0.39 is 10.0 Å². The van der Waals surface area contributed by atoms with Gasteiger partial charge in [0.2, 0.25) is 10.0 Å². The largest absolute Gasteiger partial charge is 0.383 e. The molecule has 0 radical (unpaired) electrons. The Labute approximate surface area is 118 Å². The van der Waals surface area contributed by atoms with Crippen molar-refractivity contribution in [3.8, 4) is 0 Å². The molecule has 1 aliphatic carbocycles. The van der Waals surface area contributed by atoms with Gasteiger partial charge < -0.3 is 14.6 Å². The molecule has 1 aliphatic rings. The summed E-state index contributed by atoms with van der Waals surface area (Å²) in [5, 5.41) is 7.82. The number of ether oxygens (including phenoxy) is 1. The molecule has 2 rings (SSSR count). The fourth-order valence-electron chi connectivity index (χ4n) is 2.12. The molecular weight excluding hydrogens is 282 g/mol. The minimum absolute atomic E-state index is 0.0266. The van der Waals surface area contributed by atoms with Gasteiger partial charge in [0.1, 0.15) is 10.6 Å². The fraction of sp³-hybridized carbons (Fsp3) is 0.583. The average Bonchev–Trinajstić information content (AvgIpc) is 2.71. The third-order valence-electron chi connectivity index (χ3n) is 3.44. The van der Waals surface area contributed by atoms with Crippen molar-refractivity contribution in [3.05, 3.63) is 18.0 Å². The van der Waals surface area contributed by atoms with Gasteiger partial charge in [-0.3, -0.25) is 4.79 Å². The summed E-state index contributed by atoms with van der Waals surface area (Å²) >= 11 is 0. The maximum Gasteiger partial charge on any atom is 0.268 e. The zero-order valence-electron chi connectivity index (χ0n) is 11.3. The summed E-state index contributed by atoms with van der Waals surface area (Å²) in [7, 11) is -2.26. The SMILES string of the molecule is COCCNC(=O)c1cc(S(N)(=O)=O)cn1C1CCC1. The molecule has 0 aliphatic heterocycles. The van der Waals surface area contributed by atoms with Gasteiger partial charge in [0.05, 0.1) is 6.61 Å². The molecule has 0 spiro atoms. The fourth-order valence-corrected chi connectivity index (χ4v) is 2.65. The van der Waals surface area contributed by atoms with E-state index in [0.717, 1.165) is 19.3 Å². The van der Waals surface area contributed by atoms with Gasteiger partial charge in [0, 0.05) is 25.9 Å². The predicted molar refractivity (Wildman–Crippen MR) is 72.9 cm³/mol. The number of carbonyl (C=O) groups is 1. The van der Waals surface area contributed by atoms with Crippen LogP contribution in [0.5, 0.6) is 0 Å². The van der Waals surface area contributed by atoms with E-state index >= 15 is 0 Å². The van der Waals surface area contributed by atoms with Gasteiger partial charge in [0.15, 0.2) is 0 Å². The van der Waals surface area contributed by atoms with Crippen molar-refractivity contribution >= 4 is 15.9 Å². The lowest BCUT2D eigenvalue weighted by atomic mass is 9.93. The zero-order valence-corrected chi connectivity index (χ0v) is 12.1. The molecule has 3 N–H and O–H groups in total. The number of nitrogens with zero attached hydrogens (tertiary/aromatic N) is 1. The van der Waals surface area contributed by atoms with Gasteiger partial charge >= 0.3 is 0 Å². The number of rotatable bonds is 6. The Morgan fingerprint density at radius 2 is 2.25 bits per heavy atom. The molecule has 0 aromatic carbocycles. The van der Waals surface area contributed by atoms with E-state index in [1.54, 1.807) is 11.7 Å². The number of hydrogen-bond acceptors (Lipinski definition) is 4. The van der Waals surface area contributed by atoms with Crippen molar-refractivity contribution in [3.63, 3.8) is 0 Å². The highest BCUT2D eigenvalue weighted by Crippen LogP contribution is 2.34. The van der Waals surface area contributed by atoms with Gasteiger partial charge in [-0.1, -0.05) is 0 Å². The molecule has 1 fully saturated rings. The molecule has 1 saturated carbocycles. The van der Waals surface area contributed by atoms with Crippen LogP contribution in [0.15, 0.2) is 17.2 Å². The highest BCUT2D eigenvalue weighted by atomic mass is 32.2. The first-order valence-corrected chi connectivity index (χ1v) is 8.00. The number of carbonyl (C=O) groups excluding carboxylic acids is 1. The quantitative estimate of drug-likeness (QED) is 0.734. The Morgan fingerprint density at radius 3 is 2.75 bits per heavy atom. The van der Waals surface area contributed by atoms with Crippen molar-refractivity contribution in [2.24, 2.45) is 5.14 Å². The number of nitrogens with two attached hydrogens (primary N) is 1. The summed E-state index contributed by atoms with van der Waals surface area (Å²) in [5.41, 5.74) is 0.329. The van der Waals surface area contributed by atoms with Gasteiger partial charge in [-0.05, 0) is 25.3 Å². The lowest BCUT2D eigenvalue weighted by molar-refractivity contribution is 0.0922. The summed E-state index contributed by atoms with van der Waals surface area (Å²) in [5.74, 6) is -0.316. The lowest BCUT2D eigenvalue weighted by Crippen LogP contribution is -2.30. The van der Waals surface area contributed by atoms with Gasteiger partial charge in [-0.2, -0.15) is 0 Å². The number of primary sulfonamides is 1. The van der Waals surface area contributed by atoms with E-state index in [9.17, 15) is 13.2 Å². The highest BCUT2D eigenvalue weighted by Gasteiger charge is 2.26. The van der Waals surface area contributed by atoms with Crippen LogP contribution in [0.2, 0.25) is 0 Å². The Kier molecular flexibility index (Phi) is 4.46. The summed E-state index contributed by atoms with van der Waals surface area (Å²) in [6.45, 7) is 0.772. The number of aromatic nitrogens is 1. The maximum atomic E-state index is 12.1. The van der Waals surface area contributed by atoms with E-state index in [4.69, 9.17) is 9.88 Å². The first-order valence-electron chi connectivity index (χ1n) is 6.45. The van der Waals surface area contributed by atoms with E-state index in [2.05, 4.69) is 5.32 Å². The van der Waals surface area contributed by atoms with Gasteiger partial charge in [-0.15, -0.1) is 0 Å². The molecule has 1 aromatic heterocycles. The second-order valence-electron chi connectivity index (χ2n) is 4.85. The molecule has 1 heterocycles. The molecule has 0 unspecified atom stereocenters. The molecule has 1 aromatic rings. The molecule has 1 amide bonds. The predicted octanol–water partition coefficient (Wildman–Crippen LogP) is 0.237. The monoisotopic (exact) mass is 301 g/mol. The van der Waals surface area contributed by atoms with Crippen LogP contribution in [0.1, 0.15) is 35.8 Å². The van der Waals surface area contributed by atoms with Gasteiger partial charge in [-0.25, -0.2) is 13.6 Å². The Balaban J connectivity index is 2.25. The van der Waals surface area contributed by atoms with E-state index in [-0.39, 0.29) is 16.8 Å². The van der Waals surface area contributed by atoms with Crippen LogP contribution in [-0.2, 0) is 14.8 Å². The summed E-state index contributed by atoms with van der Waals surface area (Å²) in [6, 6.07) is 1.50. The van der Waals surface area contributed by atoms with Crippen molar-refractivity contribution in [2.75, 3.05) is 20.3 Å². The van der Waals surface area contributed by atoms with Crippen LogP contribution >= 0.6 is 0 Å². The second kappa shape index (κ2) is 5.94. The van der Waals surface area contributed by atoms with Crippen LogP contribution in [0, 0.1) is 0 Å². The third-order valence-corrected chi connectivity index (χ3v) is 4.32. The molecule has 0 atom stereocenters. The molecule has 112 valence electrons. The van der Waals surface area contributed by atoms with E-state index in [1.165, 1.54) is 12.3 Å². The van der Waals surface area contributed by atoms with Gasteiger partial charge in [0.25, 0.3) is 5.91 Å². The first-order chi connectivity index (χ1) is 9.43. The first kappa shape index (κ1) is 15.0. The molecule has 8 heteroatoms. The summed E-state index contributed by atoms with van der Waals surface area (Å²) in [6.07, 6.45) is 4.41. The average molecular weight is 301 g/mol. The van der Waals surface area contributed by atoms with Crippen LogP contribution in [0.3, 0.4) is 0 Å². The Hall–Kier alpha value is -1.38. The van der Waals surface area contributed by atoms with E-state index in [0.29, 0.717) is 18.8 Å². The van der Waals surface area contributed by atoms with Crippen LogP contribution < -0.4 is 10.5 Å². The second-order valence-corrected chi connectivity index (χ2v) is 6.41. The van der Waals surface area contributed by atoms with Crippen molar-refractivity contribution in [2.45, 2.75) is 30.2 Å². The van der Waals surface area contributed by atoms with Crippen molar-refractivity contribution < 1.29 is 17.9 Å². The number of amides is 1. The van der Waals surface area contributed by atoms with E-state index in [1.807, 2.05) is 0 Å². The molecular formula is C12H19N3O4S. The number of nitrogens with one attached hydrogen (secondary N) is 1. The minimum Gasteiger partial charge on any atom is -0.383 e. The summed E-state index contributed by atoms with van der Waals surface area (Å²) in [4.78, 5) is 12.1. The van der Waals surface area contributed by atoms with Crippen LogP contribution in [0.25, 0.3) is 0 Å². The topological polar surface area (TPSA) is 103 Å². The van der Waals surface area contributed by atoms with Crippen molar-refractivity contribution in [1.29, 1.82) is 0 Å². The van der Waals surface area contributed by atoms with Crippen LogP contribution in [-0.4, -0.2) is 39.2 Å². The zero-order chi connectivity index (χ0) is 14.8. The Bertz CT molecular complexity index is 590. The molecule has 0 bridgehead atoms. The van der Waals surface area contributed by atoms with Crippen molar-refractivity contribution in [1.82, 2.24) is 9.88 Å². The number of sulfonamides is 1. The third kappa shape index (κ3) is 3.20.